The molecule has 4 N–H and O–H groups in total. The number of hydrogen-bond donors (Lipinski definition) is 4. The Morgan fingerprint density at radius 1 is 0.714 bits per heavy atom. The van der Waals surface area contributed by atoms with Crippen molar-refractivity contribution in [2.75, 3.05) is 35.2 Å². The molecule has 0 heterocycles. The molecule has 0 unspecified atom stereocenters. The summed E-state index contributed by atoms with van der Waals surface area (Å²) in [6, 6.07) is 6.57. The Balaban J connectivity index is 2.29. The molecule has 0 saturated carbocycles. The van der Waals surface area contributed by atoms with E-state index in [4.69, 9.17) is 0 Å². The van der Waals surface area contributed by atoms with Gasteiger partial charge in [0.05, 0.1) is 0 Å². The highest BCUT2D eigenvalue weighted by Crippen LogP contribution is 2.22. The smallest absolute Gasteiger partial charge is 0.319 e. The second kappa shape index (κ2) is 11.5. The summed E-state index contributed by atoms with van der Waals surface area (Å²) in [5, 5.41) is 11.2. The van der Waals surface area contributed by atoms with Crippen LogP contribution in [0.4, 0.5) is 21.0 Å². The Kier molecular flexibility index (Phi) is 10.0. The molecule has 0 aliphatic heterocycles. The van der Waals surface area contributed by atoms with Gasteiger partial charge in [-0.25, -0.2) is 9.59 Å². The maximum Gasteiger partial charge on any atom is 0.319 e. The van der Waals surface area contributed by atoms with Gasteiger partial charge in [-0.05, 0) is 24.3 Å². The van der Waals surface area contributed by atoms with Crippen LogP contribution in [0, 0.1) is 0 Å². The van der Waals surface area contributed by atoms with Crippen LogP contribution in [0.3, 0.4) is 0 Å². The number of nitrogens with one attached hydrogen (secondary N) is 4. The van der Waals surface area contributed by atoms with Gasteiger partial charge >= 0.3 is 12.1 Å². The van der Waals surface area contributed by atoms with Crippen LogP contribution in [0.25, 0.3) is 0 Å². The van der Waals surface area contributed by atoms with Crippen LogP contribution in [-0.2, 0) is 0 Å². The summed E-state index contributed by atoms with van der Waals surface area (Å²) in [6.45, 7) is 14.1. The van der Waals surface area contributed by atoms with Gasteiger partial charge in [0.15, 0.2) is 0 Å². The van der Waals surface area contributed by atoms with Crippen molar-refractivity contribution in [3.8, 4) is 0 Å². The quantitative estimate of drug-likeness (QED) is 0.441. The van der Waals surface area contributed by atoms with E-state index in [2.05, 4.69) is 62.8 Å². The monoisotopic (exact) mass is 426 g/mol. The van der Waals surface area contributed by atoms with Gasteiger partial charge in [-0.1, -0.05) is 41.5 Å². The molecule has 0 aromatic heterocycles. The van der Waals surface area contributed by atoms with E-state index in [-0.39, 0.29) is 21.6 Å². The number of carbonyl (C=O) groups is 2. The fourth-order valence-corrected chi connectivity index (χ4v) is 3.66. The van der Waals surface area contributed by atoms with Crippen LogP contribution < -0.4 is 21.3 Å². The molecule has 8 heteroatoms. The van der Waals surface area contributed by atoms with Crippen LogP contribution in [0.15, 0.2) is 24.3 Å². The highest BCUT2D eigenvalue weighted by molar-refractivity contribution is 8.00. The predicted molar refractivity (Wildman–Crippen MR) is 125 cm³/mol. The summed E-state index contributed by atoms with van der Waals surface area (Å²) in [4.78, 5) is 23.8. The van der Waals surface area contributed by atoms with Crippen molar-refractivity contribution in [1.82, 2.24) is 10.6 Å². The minimum Gasteiger partial charge on any atom is -0.337 e. The van der Waals surface area contributed by atoms with Crippen LogP contribution in [-0.4, -0.2) is 46.2 Å². The summed E-state index contributed by atoms with van der Waals surface area (Å²) in [5.41, 5.74) is 1.35. The highest BCUT2D eigenvalue weighted by atomic mass is 32.2. The number of thioether (sulfide) groups is 2. The minimum atomic E-state index is -0.232. The number of urea groups is 2. The SMILES string of the molecule is CC(C)(C)SCCNC(=O)Nc1ccc(NC(=O)NCCSC(C)(C)C)cc1. The number of anilines is 2. The van der Waals surface area contributed by atoms with E-state index in [1.165, 1.54) is 0 Å². The van der Waals surface area contributed by atoms with Gasteiger partial charge < -0.3 is 21.3 Å². The lowest BCUT2D eigenvalue weighted by atomic mass is 10.3. The molecule has 0 bridgehead atoms. The van der Waals surface area contributed by atoms with E-state index in [0.717, 1.165) is 11.5 Å². The molecule has 6 nitrogen and oxygen atoms in total. The second-order valence-corrected chi connectivity index (χ2v) is 12.1. The summed E-state index contributed by atoms with van der Waals surface area (Å²) in [6.07, 6.45) is 0. The summed E-state index contributed by atoms with van der Waals surface area (Å²) >= 11 is 3.61. The van der Waals surface area contributed by atoms with Crippen LogP contribution in [0.1, 0.15) is 41.5 Å². The number of carbonyl (C=O) groups excluding carboxylic acids is 2. The molecule has 0 spiro atoms. The fourth-order valence-electron chi connectivity index (χ4n) is 2.03. The molecule has 0 aliphatic rings. The van der Waals surface area contributed by atoms with Crippen LogP contribution in [0.5, 0.6) is 0 Å². The third-order valence-corrected chi connectivity index (χ3v) is 5.79. The average molecular weight is 427 g/mol. The first kappa shape index (κ1) is 24.5. The second-order valence-electron chi connectivity index (χ2n) is 8.26. The number of amides is 4. The van der Waals surface area contributed by atoms with Crippen LogP contribution >= 0.6 is 23.5 Å². The van der Waals surface area contributed by atoms with Crippen molar-refractivity contribution in [3.05, 3.63) is 24.3 Å². The van der Waals surface area contributed by atoms with Gasteiger partial charge in [0, 0.05) is 45.5 Å². The molecule has 1 rings (SSSR count). The van der Waals surface area contributed by atoms with Crippen molar-refractivity contribution in [2.45, 2.75) is 51.0 Å². The predicted octanol–water partition coefficient (Wildman–Crippen LogP) is 4.99. The van der Waals surface area contributed by atoms with Gasteiger partial charge in [0.25, 0.3) is 0 Å². The lowest BCUT2D eigenvalue weighted by Crippen LogP contribution is -2.31. The third kappa shape index (κ3) is 12.8. The molecule has 1 aromatic carbocycles. The molecule has 1 aromatic rings. The summed E-state index contributed by atoms with van der Waals surface area (Å²) in [7, 11) is 0. The van der Waals surface area contributed by atoms with Crippen molar-refractivity contribution < 1.29 is 9.59 Å². The zero-order valence-electron chi connectivity index (χ0n) is 17.8. The Morgan fingerprint density at radius 2 is 1.04 bits per heavy atom. The van der Waals surface area contributed by atoms with Crippen molar-refractivity contribution >= 4 is 47.0 Å². The standard InChI is InChI=1S/C20H34N4O2S2/c1-19(2,3)27-13-11-21-17(25)23-15-7-9-16(10-8-15)24-18(26)22-12-14-28-20(4,5)6/h7-10H,11-14H2,1-6H3,(H2,21,23,25)(H2,22,24,26). The Bertz CT molecular complexity index is 568. The maximum absolute atomic E-state index is 11.9. The van der Waals surface area contributed by atoms with Crippen molar-refractivity contribution in [1.29, 1.82) is 0 Å². The Morgan fingerprint density at radius 3 is 1.32 bits per heavy atom. The first-order valence-electron chi connectivity index (χ1n) is 9.42. The fraction of sp³-hybridized carbons (Fsp3) is 0.600. The molecule has 0 saturated heterocycles. The zero-order chi connectivity index (χ0) is 21.2. The van der Waals surface area contributed by atoms with Crippen LogP contribution in [0.2, 0.25) is 0 Å². The average Bonchev–Trinajstić information content (AvgIpc) is 2.56. The van der Waals surface area contributed by atoms with Gasteiger partial charge in [0.1, 0.15) is 0 Å². The molecule has 0 radical (unpaired) electrons. The molecule has 4 amide bonds. The lowest BCUT2D eigenvalue weighted by Gasteiger charge is -2.17. The maximum atomic E-state index is 11.9. The molecule has 28 heavy (non-hydrogen) atoms. The molecular weight excluding hydrogens is 392 g/mol. The van der Waals surface area contributed by atoms with E-state index in [0.29, 0.717) is 24.5 Å². The molecule has 0 fully saturated rings. The summed E-state index contributed by atoms with van der Waals surface area (Å²) in [5.74, 6) is 1.73. The van der Waals surface area contributed by atoms with Crippen molar-refractivity contribution in [3.63, 3.8) is 0 Å². The Labute approximate surface area is 177 Å². The Hall–Kier alpha value is -1.54. The molecule has 158 valence electrons. The van der Waals surface area contributed by atoms with Gasteiger partial charge in [0.2, 0.25) is 0 Å². The van der Waals surface area contributed by atoms with Crippen molar-refractivity contribution in [2.24, 2.45) is 0 Å². The zero-order valence-corrected chi connectivity index (χ0v) is 19.4. The number of rotatable bonds is 8. The lowest BCUT2D eigenvalue weighted by molar-refractivity contribution is 0.251. The molecular formula is C20H34N4O2S2. The topological polar surface area (TPSA) is 82.3 Å². The van der Waals surface area contributed by atoms with E-state index in [1.54, 1.807) is 24.3 Å². The highest BCUT2D eigenvalue weighted by Gasteiger charge is 2.11. The van der Waals surface area contributed by atoms with E-state index in [1.807, 2.05) is 23.5 Å². The molecule has 0 atom stereocenters. The van der Waals surface area contributed by atoms with E-state index >= 15 is 0 Å². The van der Waals surface area contributed by atoms with Gasteiger partial charge in [-0.15, -0.1) is 0 Å². The van der Waals surface area contributed by atoms with E-state index in [9.17, 15) is 9.59 Å². The first-order chi connectivity index (χ1) is 12.9. The minimum absolute atomic E-state index is 0.193. The van der Waals surface area contributed by atoms with Gasteiger partial charge in [-0.2, -0.15) is 23.5 Å². The third-order valence-electron chi connectivity index (χ3n) is 3.25. The largest absolute Gasteiger partial charge is 0.337 e. The first-order valence-corrected chi connectivity index (χ1v) is 11.4. The normalized spacial score (nSPS) is 11.6. The molecule has 0 aliphatic carbocycles. The number of benzene rings is 1. The summed E-state index contributed by atoms with van der Waals surface area (Å²) < 4.78 is 0.386. The number of hydrogen-bond acceptors (Lipinski definition) is 4. The van der Waals surface area contributed by atoms with Gasteiger partial charge in [-0.3, -0.25) is 0 Å². The van der Waals surface area contributed by atoms with E-state index < -0.39 is 0 Å².